The lowest BCUT2D eigenvalue weighted by molar-refractivity contribution is -0.0505. The number of aliphatic hydroxyl groups is 1. The largest absolute Gasteiger partial charge is 0.388 e. The predicted octanol–water partition coefficient (Wildman–Crippen LogP) is 2.84. The van der Waals surface area contributed by atoms with E-state index in [4.69, 9.17) is 0 Å². The highest BCUT2D eigenvalue weighted by Gasteiger charge is 2.38. The molecule has 7 heteroatoms. The standard InChI is InChI=1S/C22H25FN4O2/c1-21(2)12-24-17-11-15(10-14-4-6-16(23)7-5-14)19-25-26(13-22(29)8-3-9-22)20(28)27(19)18(17)21/h4-7,11,24,29H,3,8-10,12-13H2,1-2H3. The summed E-state index contributed by atoms with van der Waals surface area (Å²) in [5, 5.41) is 18.6. The van der Waals surface area contributed by atoms with Crippen LogP contribution in [0.2, 0.25) is 0 Å². The van der Waals surface area contributed by atoms with E-state index in [1.165, 1.54) is 16.8 Å². The Hall–Kier alpha value is -2.67. The van der Waals surface area contributed by atoms with Crippen LogP contribution in [0.15, 0.2) is 35.1 Å². The van der Waals surface area contributed by atoms with E-state index >= 15 is 0 Å². The zero-order valence-corrected chi connectivity index (χ0v) is 16.7. The quantitative estimate of drug-likeness (QED) is 0.711. The maximum absolute atomic E-state index is 13.3. The van der Waals surface area contributed by atoms with Crippen molar-refractivity contribution < 1.29 is 9.50 Å². The van der Waals surface area contributed by atoms with Gasteiger partial charge in [0, 0.05) is 23.9 Å². The van der Waals surface area contributed by atoms with Crippen molar-refractivity contribution in [1.29, 1.82) is 0 Å². The fraction of sp³-hybridized carbons (Fsp3) is 0.455. The molecule has 29 heavy (non-hydrogen) atoms. The lowest BCUT2D eigenvalue weighted by Crippen LogP contribution is -2.44. The molecule has 0 unspecified atom stereocenters. The van der Waals surface area contributed by atoms with Gasteiger partial charge in [0.1, 0.15) is 5.82 Å². The highest BCUT2D eigenvalue weighted by atomic mass is 19.1. The molecule has 0 spiro atoms. The number of anilines is 1. The smallest absolute Gasteiger partial charge is 0.350 e. The van der Waals surface area contributed by atoms with Crippen molar-refractivity contribution in [2.45, 2.75) is 57.1 Å². The molecule has 0 bridgehead atoms. The number of rotatable bonds is 4. The molecule has 3 aromatic rings. The lowest BCUT2D eigenvalue weighted by atomic mass is 9.80. The summed E-state index contributed by atoms with van der Waals surface area (Å²) in [7, 11) is 0. The Kier molecular flexibility index (Phi) is 3.90. The van der Waals surface area contributed by atoms with E-state index in [0.29, 0.717) is 24.9 Å². The molecule has 0 saturated heterocycles. The van der Waals surface area contributed by atoms with Gasteiger partial charge in [-0.3, -0.25) is 0 Å². The van der Waals surface area contributed by atoms with Crippen LogP contribution in [-0.2, 0) is 18.4 Å². The van der Waals surface area contributed by atoms with E-state index in [1.54, 1.807) is 16.5 Å². The average molecular weight is 396 g/mol. The summed E-state index contributed by atoms with van der Waals surface area (Å²) >= 11 is 0. The van der Waals surface area contributed by atoms with Gasteiger partial charge in [0.05, 0.1) is 23.5 Å². The molecule has 152 valence electrons. The monoisotopic (exact) mass is 396 g/mol. The molecule has 2 N–H and O–H groups in total. The van der Waals surface area contributed by atoms with Gasteiger partial charge in [-0.1, -0.05) is 26.0 Å². The third-order valence-corrected chi connectivity index (χ3v) is 6.32. The summed E-state index contributed by atoms with van der Waals surface area (Å²) in [6.07, 6.45) is 2.91. The second-order valence-electron chi connectivity index (χ2n) is 9.15. The van der Waals surface area contributed by atoms with Crippen LogP contribution in [0.25, 0.3) is 5.65 Å². The van der Waals surface area contributed by atoms with Crippen molar-refractivity contribution in [3.63, 3.8) is 0 Å². The van der Waals surface area contributed by atoms with Gasteiger partial charge >= 0.3 is 5.69 Å². The molecule has 5 rings (SSSR count). The van der Waals surface area contributed by atoms with Gasteiger partial charge in [0.2, 0.25) is 0 Å². The van der Waals surface area contributed by atoms with Crippen LogP contribution in [0.3, 0.4) is 0 Å². The molecule has 1 aliphatic heterocycles. The number of pyridine rings is 1. The second kappa shape index (κ2) is 6.16. The van der Waals surface area contributed by atoms with Crippen molar-refractivity contribution in [1.82, 2.24) is 14.2 Å². The first-order chi connectivity index (χ1) is 13.8. The average Bonchev–Trinajstić information content (AvgIpc) is 3.12. The van der Waals surface area contributed by atoms with Gasteiger partial charge in [-0.15, -0.1) is 5.10 Å². The van der Waals surface area contributed by atoms with Gasteiger partial charge in [-0.2, -0.15) is 0 Å². The predicted molar refractivity (Wildman–Crippen MR) is 109 cm³/mol. The van der Waals surface area contributed by atoms with Crippen LogP contribution < -0.4 is 11.0 Å². The summed E-state index contributed by atoms with van der Waals surface area (Å²) < 4.78 is 16.4. The zero-order valence-electron chi connectivity index (χ0n) is 16.7. The highest BCUT2D eigenvalue weighted by molar-refractivity contribution is 5.66. The number of nitrogens with zero attached hydrogens (tertiary/aromatic N) is 3. The van der Waals surface area contributed by atoms with Crippen LogP contribution in [0.4, 0.5) is 10.1 Å². The Labute approximate surface area is 168 Å². The van der Waals surface area contributed by atoms with Crippen LogP contribution in [0.1, 0.15) is 49.9 Å². The number of aromatic nitrogens is 3. The highest BCUT2D eigenvalue weighted by Crippen LogP contribution is 2.38. The first-order valence-electron chi connectivity index (χ1n) is 10.1. The number of nitrogens with one attached hydrogen (secondary N) is 1. The van der Waals surface area contributed by atoms with Gasteiger partial charge < -0.3 is 10.4 Å². The van der Waals surface area contributed by atoms with Gasteiger partial charge in [-0.05, 0) is 43.0 Å². The fourth-order valence-corrected chi connectivity index (χ4v) is 4.52. The maximum atomic E-state index is 13.3. The minimum Gasteiger partial charge on any atom is -0.388 e. The second-order valence-corrected chi connectivity index (χ2v) is 9.15. The summed E-state index contributed by atoms with van der Waals surface area (Å²) in [6.45, 7) is 5.16. The Morgan fingerprint density at radius 3 is 2.62 bits per heavy atom. The van der Waals surface area contributed by atoms with Gasteiger partial charge in [-0.25, -0.2) is 18.3 Å². The maximum Gasteiger partial charge on any atom is 0.350 e. The topological polar surface area (TPSA) is 71.6 Å². The molecule has 1 saturated carbocycles. The molecule has 1 fully saturated rings. The summed E-state index contributed by atoms with van der Waals surface area (Å²) in [5.74, 6) is -0.273. The van der Waals surface area contributed by atoms with Crippen LogP contribution in [0.5, 0.6) is 0 Å². The van der Waals surface area contributed by atoms with Crippen LogP contribution in [0, 0.1) is 5.82 Å². The molecule has 0 radical (unpaired) electrons. The number of fused-ring (bicyclic) bond motifs is 3. The van der Waals surface area contributed by atoms with E-state index < -0.39 is 5.60 Å². The summed E-state index contributed by atoms with van der Waals surface area (Å²) in [5.41, 5.74) is 3.05. The molecule has 3 heterocycles. The Bertz CT molecular complexity index is 1160. The minimum atomic E-state index is -0.837. The Morgan fingerprint density at radius 1 is 1.24 bits per heavy atom. The molecular weight excluding hydrogens is 371 g/mol. The molecule has 1 aliphatic carbocycles. The molecule has 2 aromatic heterocycles. The van der Waals surface area contributed by atoms with E-state index in [9.17, 15) is 14.3 Å². The first-order valence-corrected chi connectivity index (χ1v) is 10.1. The fourth-order valence-electron chi connectivity index (χ4n) is 4.52. The summed E-state index contributed by atoms with van der Waals surface area (Å²) in [6, 6.07) is 8.44. The SMILES string of the molecule is CC1(C)CNc2cc(Cc3ccc(F)cc3)c3nn(CC4(O)CCC4)c(=O)n3c21. The van der Waals surface area contributed by atoms with Crippen LogP contribution >= 0.6 is 0 Å². The normalized spacial score (nSPS) is 19.0. The third-order valence-electron chi connectivity index (χ3n) is 6.32. The summed E-state index contributed by atoms with van der Waals surface area (Å²) in [4.78, 5) is 13.3. The number of halogens is 1. The number of benzene rings is 1. The molecule has 0 atom stereocenters. The third kappa shape index (κ3) is 2.95. The van der Waals surface area contributed by atoms with Crippen molar-refractivity contribution >= 4 is 11.3 Å². The number of hydrogen-bond acceptors (Lipinski definition) is 4. The molecule has 2 aliphatic rings. The molecule has 6 nitrogen and oxygen atoms in total. The number of hydrogen-bond donors (Lipinski definition) is 2. The van der Waals surface area contributed by atoms with E-state index in [0.717, 1.165) is 35.5 Å². The van der Waals surface area contributed by atoms with E-state index in [2.05, 4.69) is 30.3 Å². The Morgan fingerprint density at radius 2 is 1.97 bits per heavy atom. The van der Waals surface area contributed by atoms with Crippen molar-refractivity contribution in [2.75, 3.05) is 11.9 Å². The lowest BCUT2D eigenvalue weighted by Gasteiger charge is -2.35. The minimum absolute atomic E-state index is 0.214. The Balaban J connectivity index is 1.68. The van der Waals surface area contributed by atoms with Gasteiger partial charge in [0.25, 0.3) is 0 Å². The van der Waals surface area contributed by atoms with Crippen LogP contribution in [-0.4, -0.2) is 31.4 Å². The van der Waals surface area contributed by atoms with Crippen molar-refractivity contribution in [3.05, 3.63) is 63.5 Å². The molecule has 0 amide bonds. The first kappa shape index (κ1) is 18.4. The molecular formula is C22H25FN4O2. The van der Waals surface area contributed by atoms with Crippen molar-refractivity contribution in [3.8, 4) is 0 Å². The van der Waals surface area contributed by atoms with E-state index in [-0.39, 0.29) is 23.5 Å². The molecule has 1 aromatic carbocycles. The zero-order chi connectivity index (χ0) is 20.4. The van der Waals surface area contributed by atoms with Gasteiger partial charge in [0.15, 0.2) is 5.65 Å². The van der Waals surface area contributed by atoms with Crippen molar-refractivity contribution in [2.24, 2.45) is 0 Å². The van der Waals surface area contributed by atoms with E-state index in [1.807, 2.05) is 0 Å².